The number of nitrogens with zero attached hydrogens (tertiary/aromatic N) is 3. The Labute approximate surface area is 162 Å². The maximum Gasteiger partial charge on any atom is 0.336 e. The molecule has 0 unspecified atom stereocenters. The molecule has 0 aliphatic rings. The van der Waals surface area contributed by atoms with Gasteiger partial charge in [-0.05, 0) is 24.3 Å². The van der Waals surface area contributed by atoms with Gasteiger partial charge >= 0.3 is 5.97 Å². The third kappa shape index (κ3) is 4.12. The number of anilines is 1. The fourth-order valence-corrected chi connectivity index (χ4v) is 3.23. The molecule has 0 saturated carbocycles. The SMILES string of the molecule is CN(N=Cc1ccc(F)cc1C(=O)O)c1nc(-c2ccccc2Cl)c(F)s1. The standard InChI is InChI=1S/C18H12ClF2N3O2S/c1-24(22-9-10-6-7-11(20)8-13(10)17(25)26)18-23-15(16(21)27-18)12-4-2-3-5-14(12)19/h2-9H,1H3,(H,25,26). The van der Waals surface area contributed by atoms with Crippen LogP contribution < -0.4 is 5.01 Å². The van der Waals surface area contributed by atoms with Crippen LogP contribution in [0.4, 0.5) is 13.9 Å². The maximum absolute atomic E-state index is 14.3. The van der Waals surface area contributed by atoms with Gasteiger partial charge in [-0.1, -0.05) is 41.1 Å². The summed E-state index contributed by atoms with van der Waals surface area (Å²) in [5.41, 5.74) is 0.548. The molecule has 0 spiro atoms. The molecule has 5 nitrogen and oxygen atoms in total. The molecule has 0 amide bonds. The molecule has 3 rings (SSSR count). The Morgan fingerprint density at radius 3 is 2.74 bits per heavy atom. The molecule has 9 heteroatoms. The molecule has 138 valence electrons. The number of aromatic nitrogens is 1. The number of halogens is 3. The first-order chi connectivity index (χ1) is 12.9. The van der Waals surface area contributed by atoms with E-state index in [0.29, 0.717) is 10.6 Å². The number of carboxylic acid groups (broad SMARTS) is 1. The van der Waals surface area contributed by atoms with Crippen LogP contribution in [0.2, 0.25) is 5.02 Å². The Balaban J connectivity index is 1.89. The second-order valence-electron chi connectivity index (χ2n) is 5.40. The van der Waals surface area contributed by atoms with Gasteiger partial charge < -0.3 is 5.11 Å². The summed E-state index contributed by atoms with van der Waals surface area (Å²) < 4.78 is 27.5. The van der Waals surface area contributed by atoms with Crippen LogP contribution in [0.1, 0.15) is 15.9 Å². The smallest absolute Gasteiger partial charge is 0.336 e. The van der Waals surface area contributed by atoms with E-state index in [1.165, 1.54) is 24.3 Å². The summed E-state index contributed by atoms with van der Waals surface area (Å²) in [6.45, 7) is 0. The number of hydrogen-bond donors (Lipinski definition) is 1. The lowest BCUT2D eigenvalue weighted by atomic mass is 10.1. The van der Waals surface area contributed by atoms with Crippen molar-refractivity contribution >= 4 is 40.3 Å². The predicted molar refractivity (Wildman–Crippen MR) is 102 cm³/mol. The van der Waals surface area contributed by atoms with E-state index in [1.807, 2.05) is 0 Å². The summed E-state index contributed by atoms with van der Waals surface area (Å²) in [6.07, 6.45) is 1.25. The minimum absolute atomic E-state index is 0.107. The van der Waals surface area contributed by atoms with Crippen LogP contribution in [0.15, 0.2) is 47.6 Å². The number of aromatic carboxylic acids is 1. The van der Waals surface area contributed by atoms with Gasteiger partial charge in [0.05, 0.1) is 16.8 Å². The summed E-state index contributed by atoms with van der Waals surface area (Å²) >= 11 is 6.86. The minimum atomic E-state index is -1.28. The fraction of sp³-hybridized carbons (Fsp3) is 0.0556. The zero-order chi connectivity index (χ0) is 19.6. The Hall–Kier alpha value is -2.84. The van der Waals surface area contributed by atoms with E-state index < -0.39 is 16.9 Å². The number of benzene rings is 2. The molecule has 0 saturated heterocycles. The Bertz CT molecular complexity index is 1040. The molecule has 0 aliphatic heterocycles. The quantitative estimate of drug-likeness (QED) is 0.482. The highest BCUT2D eigenvalue weighted by Crippen LogP contribution is 2.34. The summed E-state index contributed by atoms with van der Waals surface area (Å²) in [5.74, 6) is -1.94. The van der Waals surface area contributed by atoms with Crippen LogP contribution >= 0.6 is 22.9 Å². The van der Waals surface area contributed by atoms with Crippen molar-refractivity contribution in [2.75, 3.05) is 12.1 Å². The van der Waals surface area contributed by atoms with Gasteiger partial charge in [0.25, 0.3) is 0 Å². The van der Waals surface area contributed by atoms with Gasteiger partial charge in [-0.2, -0.15) is 9.49 Å². The maximum atomic E-state index is 14.3. The van der Waals surface area contributed by atoms with Crippen molar-refractivity contribution in [2.24, 2.45) is 5.10 Å². The van der Waals surface area contributed by atoms with E-state index in [1.54, 1.807) is 24.3 Å². The molecule has 2 aromatic carbocycles. The average molecular weight is 408 g/mol. The molecule has 0 aliphatic carbocycles. The van der Waals surface area contributed by atoms with E-state index in [0.717, 1.165) is 23.5 Å². The molecule has 27 heavy (non-hydrogen) atoms. The summed E-state index contributed by atoms with van der Waals surface area (Å²) in [4.78, 5) is 15.4. The minimum Gasteiger partial charge on any atom is -0.478 e. The van der Waals surface area contributed by atoms with Crippen molar-refractivity contribution in [3.05, 3.63) is 69.6 Å². The van der Waals surface area contributed by atoms with Gasteiger partial charge in [0.2, 0.25) is 10.3 Å². The van der Waals surface area contributed by atoms with E-state index >= 15 is 0 Å². The molecule has 0 atom stereocenters. The van der Waals surface area contributed by atoms with Gasteiger partial charge in [-0.3, -0.25) is 0 Å². The predicted octanol–water partition coefficient (Wildman–Crippen LogP) is 4.91. The highest BCUT2D eigenvalue weighted by Gasteiger charge is 2.17. The summed E-state index contributed by atoms with van der Waals surface area (Å²) in [6, 6.07) is 10.1. The van der Waals surface area contributed by atoms with Crippen molar-refractivity contribution in [3.63, 3.8) is 0 Å². The van der Waals surface area contributed by atoms with Crippen molar-refractivity contribution in [3.8, 4) is 11.3 Å². The molecular weight excluding hydrogens is 396 g/mol. The summed E-state index contributed by atoms with van der Waals surface area (Å²) in [5, 5.41) is 14.6. The molecule has 0 bridgehead atoms. The second kappa shape index (κ2) is 7.81. The van der Waals surface area contributed by atoms with Crippen LogP contribution in [0.5, 0.6) is 0 Å². The Morgan fingerprint density at radius 1 is 1.30 bits per heavy atom. The van der Waals surface area contributed by atoms with Gasteiger partial charge in [0, 0.05) is 18.2 Å². The number of thiazole rings is 1. The Morgan fingerprint density at radius 2 is 2.04 bits per heavy atom. The lowest BCUT2D eigenvalue weighted by Crippen LogP contribution is -2.10. The highest BCUT2D eigenvalue weighted by atomic mass is 35.5. The molecule has 0 radical (unpaired) electrons. The topological polar surface area (TPSA) is 65.8 Å². The Kier molecular flexibility index (Phi) is 5.48. The lowest BCUT2D eigenvalue weighted by Gasteiger charge is -2.08. The zero-order valence-electron chi connectivity index (χ0n) is 13.9. The van der Waals surface area contributed by atoms with E-state index in [9.17, 15) is 13.6 Å². The van der Waals surface area contributed by atoms with Crippen LogP contribution in [0.25, 0.3) is 11.3 Å². The van der Waals surface area contributed by atoms with E-state index in [2.05, 4.69) is 10.1 Å². The highest BCUT2D eigenvalue weighted by molar-refractivity contribution is 7.14. The van der Waals surface area contributed by atoms with Crippen LogP contribution in [-0.2, 0) is 0 Å². The third-order valence-corrected chi connectivity index (χ3v) is 4.84. The first-order valence-corrected chi connectivity index (χ1v) is 8.78. The van der Waals surface area contributed by atoms with Gasteiger partial charge in [-0.15, -0.1) is 0 Å². The van der Waals surface area contributed by atoms with Gasteiger partial charge in [-0.25, -0.2) is 19.2 Å². The van der Waals surface area contributed by atoms with Crippen molar-refractivity contribution in [1.29, 1.82) is 0 Å². The van der Waals surface area contributed by atoms with Gasteiger partial charge in [0.1, 0.15) is 11.5 Å². The zero-order valence-corrected chi connectivity index (χ0v) is 15.4. The molecule has 1 heterocycles. The van der Waals surface area contributed by atoms with E-state index in [4.69, 9.17) is 16.7 Å². The van der Waals surface area contributed by atoms with Crippen LogP contribution in [0, 0.1) is 10.9 Å². The number of hydrazone groups is 1. The molecule has 3 aromatic rings. The largest absolute Gasteiger partial charge is 0.478 e. The van der Waals surface area contributed by atoms with Crippen molar-refractivity contribution in [2.45, 2.75) is 0 Å². The van der Waals surface area contributed by atoms with Gasteiger partial charge in [0.15, 0.2) is 0 Å². The molecule has 1 aromatic heterocycles. The third-order valence-electron chi connectivity index (χ3n) is 3.60. The number of carbonyl (C=O) groups is 1. The summed E-state index contributed by atoms with van der Waals surface area (Å²) in [7, 11) is 1.54. The van der Waals surface area contributed by atoms with Crippen LogP contribution in [-0.4, -0.2) is 29.3 Å². The number of rotatable bonds is 5. The monoisotopic (exact) mass is 407 g/mol. The van der Waals surface area contributed by atoms with E-state index in [-0.39, 0.29) is 22.0 Å². The first kappa shape index (κ1) is 18.9. The van der Waals surface area contributed by atoms with Crippen molar-refractivity contribution < 1.29 is 18.7 Å². The molecular formula is C18H12ClF2N3O2S. The number of hydrogen-bond acceptors (Lipinski definition) is 5. The lowest BCUT2D eigenvalue weighted by molar-refractivity contribution is 0.0696. The normalized spacial score (nSPS) is 11.1. The average Bonchev–Trinajstić information content (AvgIpc) is 3.02. The first-order valence-electron chi connectivity index (χ1n) is 7.58. The van der Waals surface area contributed by atoms with Crippen LogP contribution in [0.3, 0.4) is 0 Å². The number of carboxylic acids is 1. The second-order valence-corrected chi connectivity index (χ2v) is 6.74. The molecule has 0 fully saturated rings. The van der Waals surface area contributed by atoms with Crippen molar-refractivity contribution in [1.82, 2.24) is 4.98 Å². The molecule has 1 N–H and O–H groups in total. The fourth-order valence-electron chi connectivity index (χ4n) is 2.27.